The Morgan fingerprint density at radius 2 is 1.83 bits per heavy atom. The zero-order valence-corrected chi connectivity index (χ0v) is 14.3. The number of halogens is 1. The van der Waals surface area contributed by atoms with Gasteiger partial charge in [0.2, 0.25) is 10.0 Å². The molecule has 1 amide bonds. The van der Waals surface area contributed by atoms with E-state index in [0.717, 1.165) is 12.8 Å². The van der Waals surface area contributed by atoms with E-state index >= 15 is 0 Å². The Balaban J connectivity index is 1.51. The molecular weight excluding hydrogens is 335 g/mol. The molecule has 1 aromatic rings. The van der Waals surface area contributed by atoms with E-state index in [1.54, 1.807) is 4.31 Å². The van der Waals surface area contributed by atoms with E-state index < -0.39 is 10.0 Å². The molecule has 2 saturated heterocycles. The largest absolute Gasteiger partial charge is 0.484 e. The van der Waals surface area contributed by atoms with Gasteiger partial charge in [0.25, 0.3) is 5.91 Å². The number of benzene rings is 1. The molecule has 0 spiro atoms. The first-order chi connectivity index (χ1) is 11.3. The van der Waals surface area contributed by atoms with Gasteiger partial charge in [-0.3, -0.25) is 4.79 Å². The fourth-order valence-corrected chi connectivity index (χ4v) is 5.21. The fraction of sp³-hybridized carbons (Fsp3) is 0.562. The van der Waals surface area contributed by atoms with Gasteiger partial charge < -0.3 is 10.1 Å². The van der Waals surface area contributed by atoms with Crippen molar-refractivity contribution in [3.05, 3.63) is 30.1 Å². The molecule has 2 aliphatic rings. The Kier molecular flexibility index (Phi) is 4.78. The van der Waals surface area contributed by atoms with Gasteiger partial charge in [0.05, 0.1) is 6.26 Å². The molecule has 132 valence electrons. The molecule has 0 radical (unpaired) electrons. The third-order valence-corrected chi connectivity index (χ3v) is 5.96. The van der Waals surface area contributed by atoms with Crippen molar-refractivity contribution in [2.24, 2.45) is 0 Å². The van der Waals surface area contributed by atoms with E-state index in [1.807, 2.05) is 0 Å². The van der Waals surface area contributed by atoms with Crippen LogP contribution in [0.1, 0.15) is 25.7 Å². The lowest BCUT2D eigenvalue weighted by Crippen LogP contribution is -2.52. The number of rotatable bonds is 5. The number of fused-ring (bicyclic) bond motifs is 2. The van der Waals surface area contributed by atoms with E-state index in [1.165, 1.54) is 30.5 Å². The van der Waals surface area contributed by atoms with Gasteiger partial charge in [0, 0.05) is 18.1 Å². The van der Waals surface area contributed by atoms with Crippen LogP contribution in [0.4, 0.5) is 4.39 Å². The van der Waals surface area contributed by atoms with E-state index in [2.05, 4.69) is 5.32 Å². The van der Waals surface area contributed by atoms with Gasteiger partial charge in [-0.25, -0.2) is 12.8 Å². The van der Waals surface area contributed by atoms with Crippen LogP contribution in [-0.2, 0) is 14.8 Å². The zero-order chi connectivity index (χ0) is 17.3. The van der Waals surface area contributed by atoms with Gasteiger partial charge in [-0.05, 0) is 49.9 Å². The zero-order valence-electron chi connectivity index (χ0n) is 13.4. The summed E-state index contributed by atoms with van der Waals surface area (Å²) in [5, 5.41) is 2.91. The third kappa shape index (κ3) is 3.87. The molecule has 0 saturated carbocycles. The fourth-order valence-electron chi connectivity index (χ4n) is 3.74. The number of nitrogens with zero attached hydrogens (tertiary/aromatic N) is 1. The Hall–Kier alpha value is -1.67. The number of sulfonamides is 1. The number of ether oxygens (including phenoxy) is 1. The van der Waals surface area contributed by atoms with Crippen LogP contribution in [0.25, 0.3) is 0 Å². The highest BCUT2D eigenvalue weighted by molar-refractivity contribution is 7.88. The molecular formula is C16H21FN2O4S. The molecule has 8 heteroatoms. The van der Waals surface area contributed by atoms with Crippen LogP contribution in [0.15, 0.2) is 24.3 Å². The Morgan fingerprint density at radius 1 is 1.25 bits per heavy atom. The van der Waals surface area contributed by atoms with E-state index in [0.29, 0.717) is 18.6 Å². The van der Waals surface area contributed by atoms with Crippen molar-refractivity contribution in [3.63, 3.8) is 0 Å². The summed E-state index contributed by atoms with van der Waals surface area (Å²) in [5.74, 6) is -0.185. The van der Waals surface area contributed by atoms with Gasteiger partial charge >= 0.3 is 0 Å². The third-order valence-electron chi connectivity index (χ3n) is 4.60. The summed E-state index contributed by atoms with van der Waals surface area (Å²) in [7, 11) is -3.20. The number of piperidine rings is 1. The van der Waals surface area contributed by atoms with Crippen molar-refractivity contribution in [3.8, 4) is 5.75 Å². The Bertz CT molecular complexity index is 693. The Labute approximate surface area is 141 Å². The summed E-state index contributed by atoms with van der Waals surface area (Å²) in [6.45, 7) is -0.146. The minimum atomic E-state index is -3.20. The number of carbonyl (C=O) groups excluding carboxylic acids is 1. The van der Waals surface area contributed by atoms with Gasteiger partial charge in [0.15, 0.2) is 6.61 Å². The van der Waals surface area contributed by atoms with Crippen molar-refractivity contribution in [2.75, 3.05) is 12.9 Å². The highest BCUT2D eigenvalue weighted by atomic mass is 32.2. The highest BCUT2D eigenvalue weighted by Crippen LogP contribution is 2.37. The van der Waals surface area contributed by atoms with Crippen molar-refractivity contribution < 1.29 is 22.3 Å². The minimum Gasteiger partial charge on any atom is -0.484 e. The first-order valence-corrected chi connectivity index (χ1v) is 9.84. The first-order valence-electron chi connectivity index (χ1n) is 7.99. The van der Waals surface area contributed by atoms with Gasteiger partial charge in [-0.15, -0.1) is 0 Å². The molecule has 6 nitrogen and oxygen atoms in total. The second kappa shape index (κ2) is 6.68. The standard InChI is InChI=1S/C16H21FN2O4S/c1-24(21,22)19-13-4-5-14(19)9-12(8-13)18-16(20)10-23-15-6-2-11(17)3-7-15/h2-3,6-7,12-14H,4-5,8-10H2,1H3,(H,18,20). The molecule has 1 aromatic carbocycles. The molecule has 2 atom stereocenters. The summed E-state index contributed by atoms with van der Waals surface area (Å²) in [4.78, 5) is 12.0. The topological polar surface area (TPSA) is 75.7 Å². The van der Waals surface area contributed by atoms with Crippen molar-refractivity contribution in [1.82, 2.24) is 9.62 Å². The predicted octanol–water partition coefficient (Wildman–Crippen LogP) is 1.28. The number of nitrogens with one attached hydrogen (secondary N) is 1. The molecule has 2 fully saturated rings. The van der Waals surface area contributed by atoms with Crippen molar-refractivity contribution in [2.45, 2.75) is 43.8 Å². The maximum atomic E-state index is 12.8. The lowest BCUT2D eigenvalue weighted by atomic mass is 10.00. The van der Waals surface area contributed by atoms with Gasteiger partial charge in [0.1, 0.15) is 11.6 Å². The molecule has 2 heterocycles. The van der Waals surface area contributed by atoms with Gasteiger partial charge in [-0.2, -0.15) is 4.31 Å². The van der Waals surface area contributed by atoms with Crippen LogP contribution in [-0.4, -0.2) is 49.6 Å². The van der Waals surface area contributed by atoms with Crippen LogP contribution < -0.4 is 10.1 Å². The summed E-state index contributed by atoms with van der Waals surface area (Å²) < 4.78 is 43.4. The minimum absolute atomic E-state index is 0.0259. The molecule has 3 rings (SSSR count). The normalized spacial score (nSPS) is 27.0. The van der Waals surface area contributed by atoms with E-state index in [-0.39, 0.29) is 36.5 Å². The SMILES string of the molecule is CS(=O)(=O)N1C2CCC1CC(NC(=O)COc1ccc(F)cc1)C2. The van der Waals surface area contributed by atoms with Crippen LogP contribution >= 0.6 is 0 Å². The van der Waals surface area contributed by atoms with Crippen LogP contribution in [0.2, 0.25) is 0 Å². The maximum Gasteiger partial charge on any atom is 0.258 e. The van der Waals surface area contributed by atoms with E-state index in [9.17, 15) is 17.6 Å². The highest BCUT2D eigenvalue weighted by Gasteiger charge is 2.45. The molecule has 0 aliphatic carbocycles. The number of amides is 1. The molecule has 2 bridgehead atoms. The van der Waals surface area contributed by atoms with Crippen molar-refractivity contribution >= 4 is 15.9 Å². The Morgan fingerprint density at radius 3 is 2.38 bits per heavy atom. The number of carbonyl (C=O) groups is 1. The van der Waals surface area contributed by atoms with Crippen LogP contribution in [0, 0.1) is 5.82 Å². The average molecular weight is 356 g/mol. The number of hydrogen-bond donors (Lipinski definition) is 1. The second-order valence-corrected chi connectivity index (χ2v) is 8.34. The summed E-state index contributed by atoms with van der Waals surface area (Å²) in [5.41, 5.74) is 0. The molecule has 2 aliphatic heterocycles. The van der Waals surface area contributed by atoms with Gasteiger partial charge in [-0.1, -0.05) is 0 Å². The first kappa shape index (κ1) is 17.2. The quantitative estimate of drug-likeness (QED) is 0.862. The second-order valence-electron chi connectivity index (χ2n) is 6.46. The molecule has 0 aromatic heterocycles. The van der Waals surface area contributed by atoms with Crippen LogP contribution in [0.5, 0.6) is 5.75 Å². The summed E-state index contributed by atoms with van der Waals surface area (Å²) >= 11 is 0. The maximum absolute atomic E-state index is 12.8. The molecule has 1 N–H and O–H groups in total. The molecule has 24 heavy (non-hydrogen) atoms. The lowest BCUT2D eigenvalue weighted by molar-refractivity contribution is -0.124. The molecule has 2 unspecified atom stereocenters. The average Bonchev–Trinajstić information content (AvgIpc) is 2.79. The summed E-state index contributed by atoms with van der Waals surface area (Å²) in [6, 6.07) is 5.38. The van der Waals surface area contributed by atoms with Crippen LogP contribution in [0.3, 0.4) is 0 Å². The summed E-state index contributed by atoms with van der Waals surface area (Å²) in [6.07, 6.45) is 4.19. The predicted molar refractivity (Wildman–Crippen MR) is 86.6 cm³/mol. The monoisotopic (exact) mass is 356 g/mol. The smallest absolute Gasteiger partial charge is 0.258 e. The van der Waals surface area contributed by atoms with Crippen molar-refractivity contribution in [1.29, 1.82) is 0 Å². The number of hydrogen-bond acceptors (Lipinski definition) is 4. The van der Waals surface area contributed by atoms with E-state index in [4.69, 9.17) is 4.74 Å². The lowest BCUT2D eigenvalue weighted by Gasteiger charge is -2.37.